The first-order chi connectivity index (χ1) is 13.4. The lowest BCUT2D eigenvalue weighted by atomic mass is 10.2. The molecule has 28 heavy (non-hydrogen) atoms. The summed E-state index contributed by atoms with van der Waals surface area (Å²) in [5.41, 5.74) is 12.0. The molecule has 0 saturated carbocycles. The number of methoxy groups -OCH3 is 1. The third-order valence-electron chi connectivity index (χ3n) is 4.40. The van der Waals surface area contributed by atoms with Gasteiger partial charge in [0.25, 0.3) is 5.91 Å². The summed E-state index contributed by atoms with van der Waals surface area (Å²) in [6.07, 6.45) is 1.52. The Balaban J connectivity index is 1.74. The molecule has 0 spiro atoms. The molecule has 0 atom stereocenters. The number of anilines is 1. The summed E-state index contributed by atoms with van der Waals surface area (Å²) in [6.45, 7) is 1.88. The van der Waals surface area contributed by atoms with Crippen LogP contribution in [0.15, 0.2) is 41.5 Å². The fourth-order valence-electron chi connectivity index (χ4n) is 2.65. The number of carbonyl (C=O) groups excluding carboxylic acids is 1. The van der Waals surface area contributed by atoms with Gasteiger partial charge in [-0.25, -0.2) is 5.43 Å². The Labute approximate surface area is 166 Å². The van der Waals surface area contributed by atoms with Crippen molar-refractivity contribution in [1.82, 2.24) is 9.99 Å². The number of nitriles is 1. The van der Waals surface area contributed by atoms with E-state index in [4.69, 9.17) is 15.7 Å². The number of nitrogen functional groups attached to an aromatic ring is 1. The molecule has 0 bridgehead atoms. The summed E-state index contributed by atoms with van der Waals surface area (Å²) in [7, 11) is 3.41. The third kappa shape index (κ3) is 3.75. The molecule has 8 heteroatoms. The van der Waals surface area contributed by atoms with Gasteiger partial charge in [0.15, 0.2) is 0 Å². The zero-order valence-electron chi connectivity index (χ0n) is 15.7. The summed E-state index contributed by atoms with van der Waals surface area (Å²) >= 11 is 1.29. The molecule has 3 aromatic rings. The van der Waals surface area contributed by atoms with Crippen LogP contribution in [0.5, 0.6) is 5.75 Å². The van der Waals surface area contributed by atoms with Crippen LogP contribution in [0.1, 0.15) is 26.6 Å². The van der Waals surface area contributed by atoms with E-state index in [2.05, 4.69) is 16.6 Å². The molecule has 0 unspecified atom stereocenters. The van der Waals surface area contributed by atoms with Gasteiger partial charge in [-0.3, -0.25) is 4.79 Å². The molecular weight excluding hydrogens is 374 g/mol. The lowest BCUT2D eigenvalue weighted by molar-refractivity contribution is 0.0960. The van der Waals surface area contributed by atoms with Gasteiger partial charge < -0.3 is 15.0 Å². The highest BCUT2D eigenvalue weighted by Crippen LogP contribution is 2.33. The smallest absolute Gasteiger partial charge is 0.283 e. The van der Waals surface area contributed by atoms with Crippen LogP contribution in [0.3, 0.4) is 0 Å². The highest BCUT2D eigenvalue weighted by atomic mass is 32.1. The van der Waals surface area contributed by atoms with Crippen LogP contribution in [0.4, 0.5) is 5.69 Å². The number of aromatic nitrogens is 1. The number of nitrogens with zero attached hydrogens (tertiary/aromatic N) is 3. The number of ether oxygens (including phenoxy) is 1. The van der Waals surface area contributed by atoms with E-state index in [0.717, 1.165) is 27.4 Å². The van der Waals surface area contributed by atoms with Crippen molar-refractivity contribution in [3.8, 4) is 22.3 Å². The average Bonchev–Trinajstić information content (AvgIpc) is 3.22. The fraction of sp³-hybridized carbons (Fsp3) is 0.150. The topological polar surface area (TPSA) is 105 Å². The SMILES string of the molecule is COc1ccc(-c2cc(N)c(C(=O)N/N=C\c3cc(C#N)n(C)c3C)s2)cc1. The molecule has 142 valence electrons. The van der Waals surface area contributed by atoms with Crippen LogP contribution < -0.4 is 15.9 Å². The molecular formula is C20H19N5O2S. The maximum Gasteiger partial charge on any atom is 0.283 e. The molecule has 7 nitrogen and oxygen atoms in total. The van der Waals surface area contributed by atoms with E-state index in [1.54, 1.807) is 30.9 Å². The molecule has 1 amide bonds. The first kappa shape index (κ1) is 19.2. The number of benzene rings is 1. The largest absolute Gasteiger partial charge is 0.497 e. The number of hydrogen-bond acceptors (Lipinski definition) is 6. The van der Waals surface area contributed by atoms with E-state index in [1.165, 1.54) is 17.6 Å². The zero-order chi connectivity index (χ0) is 20.3. The molecule has 0 saturated heterocycles. The standard InChI is InChI=1S/C20H19N5O2S/c1-12-14(8-15(10-21)25(12)2)11-23-24-20(26)19-17(22)9-18(28-19)13-4-6-16(27-3)7-5-13/h4-9,11H,22H2,1-3H3,(H,24,26)/b23-11-. The fourth-order valence-corrected chi connectivity index (χ4v) is 3.63. The number of hydrazone groups is 1. The Morgan fingerprint density at radius 2 is 2.07 bits per heavy atom. The Morgan fingerprint density at radius 3 is 2.68 bits per heavy atom. The van der Waals surface area contributed by atoms with Crippen molar-refractivity contribution < 1.29 is 9.53 Å². The highest BCUT2D eigenvalue weighted by Gasteiger charge is 2.15. The molecule has 0 fully saturated rings. The minimum atomic E-state index is -0.382. The Morgan fingerprint density at radius 1 is 1.36 bits per heavy atom. The van der Waals surface area contributed by atoms with Crippen molar-refractivity contribution in [2.75, 3.05) is 12.8 Å². The van der Waals surface area contributed by atoms with Crippen molar-refractivity contribution >= 4 is 29.1 Å². The minimum absolute atomic E-state index is 0.382. The van der Waals surface area contributed by atoms with Gasteiger partial charge in [0.05, 0.1) is 19.0 Å². The second-order valence-electron chi connectivity index (χ2n) is 6.06. The lowest BCUT2D eigenvalue weighted by Crippen LogP contribution is -2.17. The maximum absolute atomic E-state index is 12.4. The summed E-state index contributed by atoms with van der Waals surface area (Å²) in [4.78, 5) is 13.7. The number of carbonyl (C=O) groups is 1. The Bertz CT molecular complexity index is 1090. The van der Waals surface area contributed by atoms with Gasteiger partial charge in [-0.1, -0.05) is 0 Å². The number of rotatable bonds is 5. The van der Waals surface area contributed by atoms with Crippen LogP contribution >= 0.6 is 11.3 Å². The van der Waals surface area contributed by atoms with Gasteiger partial charge in [-0.2, -0.15) is 10.4 Å². The van der Waals surface area contributed by atoms with Crippen LogP contribution in [0, 0.1) is 18.3 Å². The monoisotopic (exact) mass is 393 g/mol. The van der Waals surface area contributed by atoms with E-state index in [1.807, 2.05) is 31.2 Å². The first-order valence-corrected chi connectivity index (χ1v) is 9.19. The van der Waals surface area contributed by atoms with E-state index in [9.17, 15) is 4.79 Å². The third-order valence-corrected chi connectivity index (χ3v) is 5.60. The number of nitrogens with one attached hydrogen (secondary N) is 1. The molecule has 1 aromatic carbocycles. The lowest BCUT2D eigenvalue weighted by Gasteiger charge is -2.01. The van der Waals surface area contributed by atoms with Gasteiger partial charge in [-0.05, 0) is 48.9 Å². The van der Waals surface area contributed by atoms with E-state index >= 15 is 0 Å². The molecule has 2 aromatic heterocycles. The molecule has 2 heterocycles. The van der Waals surface area contributed by atoms with Gasteiger partial charge in [0, 0.05) is 23.2 Å². The molecule has 3 N–H and O–H groups in total. The zero-order valence-corrected chi connectivity index (χ0v) is 16.5. The molecule has 0 aliphatic carbocycles. The number of hydrogen-bond donors (Lipinski definition) is 2. The molecule has 0 aliphatic heterocycles. The van der Waals surface area contributed by atoms with Crippen LogP contribution in [-0.4, -0.2) is 23.8 Å². The molecule has 0 aliphatic rings. The summed E-state index contributed by atoms with van der Waals surface area (Å²) < 4.78 is 6.92. The predicted octanol–water partition coefficient (Wildman–Crippen LogP) is 3.29. The molecule has 3 rings (SSSR count). The van der Waals surface area contributed by atoms with Gasteiger partial charge >= 0.3 is 0 Å². The number of nitrogens with two attached hydrogens (primary N) is 1. The van der Waals surface area contributed by atoms with Crippen molar-refractivity contribution in [2.45, 2.75) is 6.92 Å². The number of thiophene rings is 1. The van der Waals surface area contributed by atoms with Gasteiger partial charge in [0.2, 0.25) is 0 Å². The van der Waals surface area contributed by atoms with E-state index in [-0.39, 0.29) is 5.91 Å². The van der Waals surface area contributed by atoms with E-state index in [0.29, 0.717) is 16.3 Å². The summed E-state index contributed by atoms with van der Waals surface area (Å²) in [6, 6.07) is 13.1. The Hall–Kier alpha value is -3.57. The van der Waals surface area contributed by atoms with Crippen LogP contribution in [-0.2, 0) is 7.05 Å². The van der Waals surface area contributed by atoms with Crippen molar-refractivity contribution in [3.05, 3.63) is 58.2 Å². The maximum atomic E-state index is 12.4. The Kier molecular flexibility index (Phi) is 5.47. The normalized spacial score (nSPS) is 10.8. The summed E-state index contributed by atoms with van der Waals surface area (Å²) in [5.74, 6) is 0.379. The predicted molar refractivity (Wildman–Crippen MR) is 111 cm³/mol. The average molecular weight is 393 g/mol. The van der Waals surface area contributed by atoms with E-state index < -0.39 is 0 Å². The van der Waals surface area contributed by atoms with Crippen molar-refractivity contribution in [2.24, 2.45) is 12.1 Å². The van der Waals surface area contributed by atoms with Gasteiger partial charge in [0.1, 0.15) is 22.4 Å². The minimum Gasteiger partial charge on any atom is -0.497 e. The first-order valence-electron chi connectivity index (χ1n) is 8.38. The molecule has 0 radical (unpaired) electrons. The second-order valence-corrected chi connectivity index (χ2v) is 7.12. The van der Waals surface area contributed by atoms with Crippen molar-refractivity contribution in [3.63, 3.8) is 0 Å². The number of amides is 1. The van der Waals surface area contributed by atoms with Crippen LogP contribution in [0.2, 0.25) is 0 Å². The summed E-state index contributed by atoms with van der Waals surface area (Å²) in [5, 5.41) is 13.1. The van der Waals surface area contributed by atoms with Crippen LogP contribution in [0.25, 0.3) is 10.4 Å². The van der Waals surface area contributed by atoms with Crippen molar-refractivity contribution in [1.29, 1.82) is 5.26 Å². The highest BCUT2D eigenvalue weighted by molar-refractivity contribution is 7.18. The van der Waals surface area contributed by atoms with Gasteiger partial charge in [-0.15, -0.1) is 11.3 Å². The second kappa shape index (κ2) is 7.98. The quantitative estimate of drug-likeness (QED) is 0.512.